The van der Waals surface area contributed by atoms with Crippen molar-refractivity contribution in [2.45, 2.75) is 163 Å². The highest BCUT2D eigenvalue weighted by Crippen LogP contribution is 2.40. The number of unbranched alkanes of at least 4 members (excludes halogenated alkanes) is 3. The van der Waals surface area contributed by atoms with E-state index in [9.17, 15) is 0 Å². The fourth-order valence-corrected chi connectivity index (χ4v) is 7.43. The van der Waals surface area contributed by atoms with Crippen molar-refractivity contribution >= 4 is 0 Å². The summed E-state index contributed by atoms with van der Waals surface area (Å²) in [4.78, 5) is 0. The lowest BCUT2D eigenvalue weighted by Crippen LogP contribution is -2.22. The Morgan fingerprint density at radius 2 is 1.29 bits per heavy atom. The average molecular weight is 433 g/mol. The lowest BCUT2D eigenvalue weighted by molar-refractivity contribution is 0.177. The molecule has 0 saturated heterocycles. The van der Waals surface area contributed by atoms with Gasteiger partial charge in [-0.15, -0.1) is 0 Å². The lowest BCUT2D eigenvalue weighted by atomic mass is 9.72. The molecule has 0 bridgehead atoms. The van der Waals surface area contributed by atoms with E-state index in [0.29, 0.717) is 0 Å². The molecule has 4 unspecified atom stereocenters. The maximum atomic E-state index is 2.41. The smallest absolute Gasteiger partial charge is 0.0383 e. The van der Waals surface area contributed by atoms with Crippen LogP contribution in [-0.4, -0.2) is 0 Å². The van der Waals surface area contributed by atoms with Crippen LogP contribution in [0.5, 0.6) is 0 Å². The van der Waals surface area contributed by atoms with Gasteiger partial charge >= 0.3 is 0 Å². The first-order valence-electron chi connectivity index (χ1n) is 15.2. The SMILES string of the molecule is CCC1CCC(C)CC1CC.CCCCCCC(CC1CCCCC1)C1CCCCC1. The Hall–Kier alpha value is 0. The van der Waals surface area contributed by atoms with E-state index in [1.165, 1.54) is 96.3 Å². The van der Waals surface area contributed by atoms with Crippen molar-refractivity contribution in [2.75, 3.05) is 0 Å². The van der Waals surface area contributed by atoms with E-state index >= 15 is 0 Å². The molecule has 4 atom stereocenters. The van der Waals surface area contributed by atoms with Gasteiger partial charge in [0.25, 0.3) is 0 Å². The zero-order chi connectivity index (χ0) is 22.3. The van der Waals surface area contributed by atoms with E-state index in [2.05, 4.69) is 27.7 Å². The quantitative estimate of drug-likeness (QED) is 0.301. The molecule has 0 aromatic heterocycles. The maximum Gasteiger partial charge on any atom is -0.0383 e. The third-order valence-electron chi connectivity index (χ3n) is 9.56. The van der Waals surface area contributed by atoms with Crippen LogP contribution in [0, 0.1) is 35.5 Å². The summed E-state index contributed by atoms with van der Waals surface area (Å²) in [6.45, 7) is 9.45. The second-order valence-corrected chi connectivity index (χ2v) is 12.0. The topological polar surface area (TPSA) is 0 Å². The summed E-state index contributed by atoms with van der Waals surface area (Å²) in [5.41, 5.74) is 0. The van der Waals surface area contributed by atoms with Crippen LogP contribution in [0.2, 0.25) is 0 Å². The zero-order valence-electron chi connectivity index (χ0n) is 22.3. The van der Waals surface area contributed by atoms with Crippen molar-refractivity contribution in [3.8, 4) is 0 Å². The largest absolute Gasteiger partial charge is 0.0654 e. The van der Waals surface area contributed by atoms with Crippen molar-refractivity contribution in [1.29, 1.82) is 0 Å². The number of hydrogen-bond acceptors (Lipinski definition) is 0. The third kappa shape index (κ3) is 10.6. The highest BCUT2D eigenvalue weighted by Gasteiger charge is 2.27. The van der Waals surface area contributed by atoms with Gasteiger partial charge in [-0.3, -0.25) is 0 Å². The van der Waals surface area contributed by atoms with Crippen LogP contribution in [0.3, 0.4) is 0 Å². The van der Waals surface area contributed by atoms with Gasteiger partial charge in [-0.25, -0.2) is 0 Å². The lowest BCUT2D eigenvalue weighted by Gasteiger charge is -2.34. The van der Waals surface area contributed by atoms with Crippen LogP contribution < -0.4 is 0 Å². The van der Waals surface area contributed by atoms with Crippen molar-refractivity contribution in [3.05, 3.63) is 0 Å². The van der Waals surface area contributed by atoms with Crippen LogP contribution in [0.1, 0.15) is 163 Å². The molecule has 3 aliphatic carbocycles. The molecule has 3 aliphatic rings. The van der Waals surface area contributed by atoms with Gasteiger partial charge in [0.1, 0.15) is 0 Å². The molecule has 0 amide bonds. The Morgan fingerprint density at radius 3 is 1.90 bits per heavy atom. The Kier molecular flexibility index (Phi) is 14.6. The predicted octanol–water partition coefficient (Wildman–Crippen LogP) is 11.0. The summed E-state index contributed by atoms with van der Waals surface area (Å²) in [5.74, 6) is 6.40. The molecule has 0 aliphatic heterocycles. The van der Waals surface area contributed by atoms with E-state index in [4.69, 9.17) is 0 Å². The fourth-order valence-electron chi connectivity index (χ4n) is 7.43. The van der Waals surface area contributed by atoms with Gasteiger partial charge in [-0.05, 0) is 54.8 Å². The van der Waals surface area contributed by atoms with Gasteiger partial charge in [-0.1, -0.05) is 143 Å². The first-order chi connectivity index (χ1) is 15.2. The molecule has 31 heavy (non-hydrogen) atoms. The Morgan fingerprint density at radius 1 is 0.645 bits per heavy atom. The Balaban J connectivity index is 0.000000262. The van der Waals surface area contributed by atoms with Gasteiger partial charge in [0, 0.05) is 0 Å². The minimum absolute atomic E-state index is 1.00. The average Bonchev–Trinajstić information content (AvgIpc) is 2.82. The summed E-state index contributed by atoms with van der Waals surface area (Å²) < 4.78 is 0. The number of rotatable bonds is 10. The molecule has 0 heteroatoms. The maximum absolute atomic E-state index is 2.41. The predicted molar refractivity (Wildman–Crippen MR) is 141 cm³/mol. The monoisotopic (exact) mass is 432 g/mol. The van der Waals surface area contributed by atoms with Crippen molar-refractivity contribution in [1.82, 2.24) is 0 Å². The number of hydrogen-bond donors (Lipinski definition) is 0. The zero-order valence-corrected chi connectivity index (χ0v) is 22.3. The van der Waals surface area contributed by atoms with Gasteiger partial charge in [0.05, 0.1) is 0 Å². The fraction of sp³-hybridized carbons (Fsp3) is 1.00. The molecular formula is C31H60. The van der Waals surface area contributed by atoms with Crippen LogP contribution in [0.15, 0.2) is 0 Å². The molecule has 0 nitrogen and oxygen atoms in total. The molecular weight excluding hydrogens is 372 g/mol. The first-order valence-corrected chi connectivity index (χ1v) is 15.2. The summed E-state index contributed by atoms with van der Waals surface area (Å²) >= 11 is 0. The van der Waals surface area contributed by atoms with Gasteiger partial charge in [-0.2, -0.15) is 0 Å². The van der Waals surface area contributed by atoms with Crippen molar-refractivity contribution < 1.29 is 0 Å². The van der Waals surface area contributed by atoms with Crippen LogP contribution in [0.4, 0.5) is 0 Å². The normalized spacial score (nSPS) is 29.2. The Bertz CT molecular complexity index is 400. The first kappa shape index (κ1) is 27.2. The van der Waals surface area contributed by atoms with Crippen molar-refractivity contribution in [3.63, 3.8) is 0 Å². The molecule has 0 heterocycles. The van der Waals surface area contributed by atoms with Crippen LogP contribution in [-0.2, 0) is 0 Å². The summed E-state index contributed by atoms with van der Waals surface area (Å²) in [6, 6.07) is 0. The van der Waals surface area contributed by atoms with Gasteiger partial charge < -0.3 is 0 Å². The molecule has 0 aromatic carbocycles. The minimum atomic E-state index is 1.00. The molecule has 0 N–H and O–H groups in total. The molecule has 0 spiro atoms. The molecule has 0 aromatic rings. The summed E-state index contributed by atoms with van der Waals surface area (Å²) in [5, 5.41) is 0. The summed E-state index contributed by atoms with van der Waals surface area (Å²) in [6.07, 6.45) is 31.7. The molecule has 184 valence electrons. The second-order valence-electron chi connectivity index (χ2n) is 12.0. The van der Waals surface area contributed by atoms with E-state index in [-0.39, 0.29) is 0 Å². The highest BCUT2D eigenvalue weighted by atomic mass is 14.3. The van der Waals surface area contributed by atoms with Gasteiger partial charge in [0.15, 0.2) is 0 Å². The molecule has 3 rings (SSSR count). The second kappa shape index (κ2) is 16.6. The Labute approximate surface area is 198 Å². The standard InChI is InChI=1S/C20H38.C11H22/c1-2-3-4-9-16-20(19-14-10-6-11-15-19)17-18-12-7-5-8-13-18;1-4-10-7-6-9(3)8-11(10)5-2/h18-20H,2-17H2,1H3;9-11H,4-8H2,1-3H3. The third-order valence-corrected chi connectivity index (χ3v) is 9.56. The molecule has 3 saturated carbocycles. The van der Waals surface area contributed by atoms with Gasteiger partial charge in [0.2, 0.25) is 0 Å². The summed E-state index contributed by atoms with van der Waals surface area (Å²) in [7, 11) is 0. The van der Waals surface area contributed by atoms with Crippen molar-refractivity contribution in [2.24, 2.45) is 35.5 Å². The highest BCUT2D eigenvalue weighted by molar-refractivity contribution is 4.79. The van der Waals surface area contributed by atoms with Crippen LogP contribution >= 0.6 is 0 Å². The molecule has 0 radical (unpaired) electrons. The van der Waals surface area contributed by atoms with Crippen LogP contribution in [0.25, 0.3) is 0 Å². The van der Waals surface area contributed by atoms with E-state index in [1.807, 2.05) is 0 Å². The van der Waals surface area contributed by atoms with E-state index < -0.39 is 0 Å². The minimum Gasteiger partial charge on any atom is -0.0654 e. The molecule has 3 fully saturated rings. The van der Waals surface area contributed by atoms with E-state index in [0.717, 1.165) is 35.5 Å². The van der Waals surface area contributed by atoms with E-state index in [1.54, 1.807) is 38.5 Å².